The summed E-state index contributed by atoms with van der Waals surface area (Å²) >= 11 is 0. The third-order valence-corrected chi connectivity index (χ3v) is 2.82. The Morgan fingerprint density at radius 1 is 1.31 bits per heavy atom. The standard InChI is InChI=1S/C14H19NO/c1-10(2)15-8-7-12-9-16-14-11(3)5-4-6-13(12)14/h4-6,9-10,15H,7-8H2,1-3H3. The molecule has 0 aliphatic carbocycles. The van der Waals surface area contributed by atoms with Crippen LogP contribution in [0, 0.1) is 6.92 Å². The highest BCUT2D eigenvalue weighted by Gasteiger charge is 2.06. The minimum absolute atomic E-state index is 0.542. The van der Waals surface area contributed by atoms with Crippen molar-refractivity contribution in [3.63, 3.8) is 0 Å². The predicted molar refractivity (Wildman–Crippen MR) is 67.8 cm³/mol. The fourth-order valence-corrected chi connectivity index (χ4v) is 1.94. The molecule has 0 bridgehead atoms. The summed E-state index contributed by atoms with van der Waals surface area (Å²) in [6, 6.07) is 6.85. The number of benzene rings is 1. The van der Waals surface area contributed by atoms with Crippen molar-refractivity contribution in [3.8, 4) is 0 Å². The summed E-state index contributed by atoms with van der Waals surface area (Å²) in [6.45, 7) is 7.41. The van der Waals surface area contributed by atoms with Crippen molar-refractivity contribution < 1.29 is 4.42 Å². The van der Waals surface area contributed by atoms with E-state index in [4.69, 9.17) is 4.42 Å². The number of hydrogen-bond acceptors (Lipinski definition) is 2. The third-order valence-electron chi connectivity index (χ3n) is 2.82. The normalized spacial score (nSPS) is 11.5. The van der Waals surface area contributed by atoms with Crippen LogP contribution in [0.25, 0.3) is 11.0 Å². The van der Waals surface area contributed by atoms with Gasteiger partial charge >= 0.3 is 0 Å². The number of para-hydroxylation sites is 1. The van der Waals surface area contributed by atoms with Gasteiger partial charge < -0.3 is 9.73 Å². The molecule has 0 radical (unpaired) electrons. The first-order chi connectivity index (χ1) is 7.68. The first-order valence-electron chi connectivity index (χ1n) is 5.87. The van der Waals surface area contributed by atoms with Crippen LogP contribution in [0.4, 0.5) is 0 Å². The summed E-state index contributed by atoms with van der Waals surface area (Å²) in [5, 5.41) is 4.68. The van der Waals surface area contributed by atoms with Gasteiger partial charge in [0.1, 0.15) is 5.58 Å². The zero-order valence-corrected chi connectivity index (χ0v) is 10.2. The molecule has 0 atom stereocenters. The molecule has 16 heavy (non-hydrogen) atoms. The topological polar surface area (TPSA) is 25.2 Å². The highest BCUT2D eigenvalue weighted by Crippen LogP contribution is 2.24. The van der Waals surface area contributed by atoms with Crippen LogP contribution in [0.2, 0.25) is 0 Å². The van der Waals surface area contributed by atoms with Crippen molar-refractivity contribution in [2.75, 3.05) is 6.54 Å². The van der Waals surface area contributed by atoms with Gasteiger partial charge in [0.25, 0.3) is 0 Å². The van der Waals surface area contributed by atoms with Crippen LogP contribution < -0.4 is 5.32 Å². The van der Waals surface area contributed by atoms with Gasteiger partial charge in [-0.15, -0.1) is 0 Å². The Kier molecular flexibility index (Phi) is 3.30. The summed E-state index contributed by atoms with van der Waals surface area (Å²) < 4.78 is 5.61. The lowest BCUT2D eigenvalue weighted by Crippen LogP contribution is -2.24. The molecule has 0 aliphatic heterocycles. The van der Waals surface area contributed by atoms with Gasteiger partial charge in [0.2, 0.25) is 0 Å². The van der Waals surface area contributed by atoms with Gasteiger partial charge in [-0.25, -0.2) is 0 Å². The van der Waals surface area contributed by atoms with E-state index in [1.165, 1.54) is 16.5 Å². The molecule has 0 spiro atoms. The molecule has 2 rings (SSSR count). The maximum absolute atomic E-state index is 5.61. The van der Waals surface area contributed by atoms with E-state index in [9.17, 15) is 0 Å². The Labute approximate surface area is 96.6 Å². The van der Waals surface area contributed by atoms with E-state index in [0.717, 1.165) is 18.5 Å². The number of furan rings is 1. The molecule has 2 aromatic rings. The van der Waals surface area contributed by atoms with E-state index in [-0.39, 0.29) is 0 Å². The summed E-state index contributed by atoms with van der Waals surface area (Å²) in [5.74, 6) is 0. The van der Waals surface area contributed by atoms with Crippen molar-refractivity contribution in [3.05, 3.63) is 35.6 Å². The maximum atomic E-state index is 5.61. The van der Waals surface area contributed by atoms with Crippen LogP contribution in [0.3, 0.4) is 0 Å². The average molecular weight is 217 g/mol. The molecule has 2 nitrogen and oxygen atoms in total. The zero-order chi connectivity index (χ0) is 11.5. The molecule has 0 saturated carbocycles. The second-order valence-corrected chi connectivity index (χ2v) is 4.57. The van der Waals surface area contributed by atoms with Crippen molar-refractivity contribution in [2.24, 2.45) is 0 Å². The molecule has 0 fully saturated rings. The minimum atomic E-state index is 0.542. The largest absolute Gasteiger partial charge is 0.464 e. The molecule has 1 N–H and O–H groups in total. The molecule has 1 aromatic carbocycles. The quantitative estimate of drug-likeness (QED) is 0.850. The Morgan fingerprint density at radius 3 is 2.88 bits per heavy atom. The monoisotopic (exact) mass is 217 g/mol. The predicted octanol–water partition coefficient (Wildman–Crippen LogP) is 3.28. The molecule has 1 aromatic heterocycles. The summed E-state index contributed by atoms with van der Waals surface area (Å²) in [7, 11) is 0. The SMILES string of the molecule is Cc1cccc2c(CCNC(C)C)coc12. The first kappa shape index (κ1) is 11.2. The van der Waals surface area contributed by atoms with Crippen LogP contribution in [-0.2, 0) is 6.42 Å². The van der Waals surface area contributed by atoms with Gasteiger partial charge in [-0.3, -0.25) is 0 Å². The molecule has 86 valence electrons. The molecule has 0 amide bonds. The van der Waals surface area contributed by atoms with Crippen molar-refractivity contribution >= 4 is 11.0 Å². The Bertz CT molecular complexity index is 471. The molecular formula is C14H19NO. The maximum Gasteiger partial charge on any atom is 0.137 e. The number of hydrogen-bond donors (Lipinski definition) is 1. The van der Waals surface area contributed by atoms with E-state index in [1.807, 2.05) is 6.26 Å². The fraction of sp³-hybridized carbons (Fsp3) is 0.429. The van der Waals surface area contributed by atoms with Crippen molar-refractivity contribution in [2.45, 2.75) is 33.2 Å². The van der Waals surface area contributed by atoms with Gasteiger partial charge in [-0.2, -0.15) is 0 Å². The lowest BCUT2D eigenvalue weighted by atomic mass is 10.1. The van der Waals surface area contributed by atoms with E-state index in [0.29, 0.717) is 6.04 Å². The first-order valence-corrected chi connectivity index (χ1v) is 5.87. The van der Waals surface area contributed by atoms with E-state index >= 15 is 0 Å². The number of aryl methyl sites for hydroxylation is 1. The van der Waals surface area contributed by atoms with Gasteiger partial charge in [-0.05, 0) is 31.0 Å². The van der Waals surface area contributed by atoms with Crippen LogP contribution in [0.1, 0.15) is 25.0 Å². The van der Waals surface area contributed by atoms with Crippen LogP contribution >= 0.6 is 0 Å². The fourth-order valence-electron chi connectivity index (χ4n) is 1.94. The molecule has 2 heteroatoms. The number of nitrogens with one attached hydrogen (secondary N) is 1. The molecule has 0 saturated heterocycles. The summed E-state index contributed by atoms with van der Waals surface area (Å²) in [4.78, 5) is 0. The zero-order valence-electron chi connectivity index (χ0n) is 10.2. The van der Waals surface area contributed by atoms with E-state index in [1.54, 1.807) is 0 Å². The lowest BCUT2D eigenvalue weighted by Gasteiger charge is -2.06. The van der Waals surface area contributed by atoms with Crippen LogP contribution in [-0.4, -0.2) is 12.6 Å². The van der Waals surface area contributed by atoms with E-state index < -0.39 is 0 Å². The highest BCUT2D eigenvalue weighted by atomic mass is 16.3. The van der Waals surface area contributed by atoms with Crippen LogP contribution in [0.5, 0.6) is 0 Å². The molecular weight excluding hydrogens is 198 g/mol. The van der Waals surface area contributed by atoms with Crippen molar-refractivity contribution in [1.82, 2.24) is 5.32 Å². The Hall–Kier alpha value is -1.28. The van der Waals surface area contributed by atoms with E-state index in [2.05, 4.69) is 44.3 Å². The number of fused-ring (bicyclic) bond motifs is 1. The summed E-state index contributed by atoms with van der Waals surface area (Å²) in [5.41, 5.74) is 3.54. The third kappa shape index (κ3) is 2.27. The average Bonchev–Trinajstić information content (AvgIpc) is 2.63. The van der Waals surface area contributed by atoms with Crippen LogP contribution in [0.15, 0.2) is 28.9 Å². The number of rotatable bonds is 4. The smallest absolute Gasteiger partial charge is 0.137 e. The van der Waals surface area contributed by atoms with Gasteiger partial charge in [0, 0.05) is 11.4 Å². The Balaban J connectivity index is 2.16. The van der Waals surface area contributed by atoms with Crippen molar-refractivity contribution in [1.29, 1.82) is 0 Å². The Morgan fingerprint density at radius 2 is 2.12 bits per heavy atom. The summed E-state index contributed by atoms with van der Waals surface area (Å²) in [6.07, 6.45) is 2.91. The van der Waals surface area contributed by atoms with Gasteiger partial charge in [0.15, 0.2) is 0 Å². The second-order valence-electron chi connectivity index (χ2n) is 4.57. The van der Waals surface area contributed by atoms with Gasteiger partial charge in [-0.1, -0.05) is 32.0 Å². The highest BCUT2D eigenvalue weighted by molar-refractivity contribution is 5.83. The second kappa shape index (κ2) is 4.71. The van der Waals surface area contributed by atoms with Gasteiger partial charge in [0.05, 0.1) is 6.26 Å². The molecule has 0 unspecified atom stereocenters. The minimum Gasteiger partial charge on any atom is -0.464 e. The molecule has 0 aliphatic rings. The molecule has 1 heterocycles. The lowest BCUT2D eigenvalue weighted by molar-refractivity contribution is 0.580.